The van der Waals surface area contributed by atoms with E-state index >= 15 is 0 Å². The first kappa shape index (κ1) is 19.3. The number of hydrogen-bond donors (Lipinski definition) is 0. The van der Waals surface area contributed by atoms with Gasteiger partial charge in [0.15, 0.2) is 0 Å². The van der Waals surface area contributed by atoms with Crippen molar-refractivity contribution in [3.63, 3.8) is 0 Å². The Balaban J connectivity index is 1.95. The molecule has 24 heavy (non-hydrogen) atoms. The summed E-state index contributed by atoms with van der Waals surface area (Å²) in [6, 6.07) is 9.15. The van der Waals surface area contributed by atoms with Crippen molar-refractivity contribution in [1.82, 2.24) is 0 Å². The van der Waals surface area contributed by atoms with Crippen LogP contribution in [0.2, 0.25) is 0 Å². The summed E-state index contributed by atoms with van der Waals surface area (Å²) in [5.41, 5.74) is 2.02. The Morgan fingerprint density at radius 1 is 0.792 bits per heavy atom. The lowest BCUT2D eigenvalue weighted by Crippen LogP contribution is -2.29. The maximum absolute atomic E-state index is 5.90. The van der Waals surface area contributed by atoms with E-state index in [0.29, 0.717) is 5.41 Å². The fourth-order valence-electron chi connectivity index (χ4n) is 4.25. The van der Waals surface area contributed by atoms with Gasteiger partial charge in [-0.05, 0) is 48.8 Å². The molecule has 1 aliphatic rings. The molecule has 136 valence electrons. The Morgan fingerprint density at radius 3 is 2.12 bits per heavy atom. The summed E-state index contributed by atoms with van der Waals surface area (Å²) in [6.45, 7) is 5.39. The second-order valence-corrected chi connectivity index (χ2v) is 7.73. The van der Waals surface area contributed by atoms with E-state index in [-0.39, 0.29) is 0 Å². The van der Waals surface area contributed by atoms with Crippen LogP contribution < -0.4 is 4.74 Å². The van der Waals surface area contributed by atoms with Crippen molar-refractivity contribution < 1.29 is 4.74 Å². The zero-order valence-electron chi connectivity index (χ0n) is 16.1. The molecule has 0 N–H and O–H groups in total. The molecule has 0 aromatic heterocycles. The van der Waals surface area contributed by atoms with Gasteiger partial charge in [-0.2, -0.15) is 0 Å². The maximum atomic E-state index is 5.90. The average Bonchev–Trinajstić information content (AvgIpc) is 2.64. The molecule has 0 atom stereocenters. The Kier molecular flexibility index (Phi) is 8.70. The number of benzene rings is 1. The van der Waals surface area contributed by atoms with Crippen LogP contribution in [0.1, 0.15) is 103 Å². The Hall–Kier alpha value is -0.980. The number of rotatable bonds is 11. The molecule has 1 aromatic rings. The third-order valence-electron chi connectivity index (χ3n) is 5.80. The molecule has 0 amide bonds. The molecule has 0 bridgehead atoms. The molecule has 0 spiro atoms. The predicted octanol–water partition coefficient (Wildman–Crippen LogP) is 7.43. The largest absolute Gasteiger partial charge is 0.494 e. The third kappa shape index (κ3) is 5.83. The van der Waals surface area contributed by atoms with Gasteiger partial charge in [-0.1, -0.05) is 83.8 Å². The van der Waals surface area contributed by atoms with Crippen molar-refractivity contribution in [2.45, 2.75) is 103 Å². The van der Waals surface area contributed by atoms with Crippen molar-refractivity contribution in [2.24, 2.45) is 0 Å². The zero-order chi connectivity index (χ0) is 17.1. The molecule has 0 radical (unpaired) electrons. The average molecular weight is 331 g/mol. The van der Waals surface area contributed by atoms with E-state index in [1.54, 1.807) is 5.56 Å². The highest BCUT2D eigenvalue weighted by Gasteiger charge is 2.33. The van der Waals surface area contributed by atoms with Gasteiger partial charge in [-0.25, -0.2) is 0 Å². The smallest absolute Gasteiger partial charge is 0.119 e. The van der Waals surface area contributed by atoms with Crippen LogP contribution >= 0.6 is 0 Å². The van der Waals surface area contributed by atoms with Crippen LogP contribution in [-0.2, 0) is 5.41 Å². The van der Waals surface area contributed by atoms with Crippen molar-refractivity contribution in [2.75, 3.05) is 6.61 Å². The van der Waals surface area contributed by atoms with E-state index in [1.807, 2.05) is 0 Å². The second kappa shape index (κ2) is 10.8. The van der Waals surface area contributed by atoms with Crippen molar-refractivity contribution in [3.8, 4) is 5.75 Å². The molecule has 0 unspecified atom stereocenters. The highest BCUT2D eigenvalue weighted by molar-refractivity contribution is 5.33. The van der Waals surface area contributed by atoms with E-state index in [0.717, 1.165) is 12.4 Å². The summed E-state index contributed by atoms with van der Waals surface area (Å²) in [7, 11) is 0. The Bertz CT molecular complexity index is 428. The zero-order valence-corrected chi connectivity index (χ0v) is 16.1. The summed E-state index contributed by atoms with van der Waals surface area (Å²) in [4.78, 5) is 0. The molecule has 2 rings (SSSR count). The number of ether oxygens (including phenoxy) is 1. The fraction of sp³-hybridized carbons (Fsp3) is 0.739. The first-order valence-corrected chi connectivity index (χ1v) is 10.5. The third-order valence-corrected chi connectivity index (χ3v) is 5.80. The van der Waals surface area contributed by atoms with Crippen molar-refractivity contribution in [1.29, 1.82) is 0 Å². The lowest BCUT2D eigenvalue weighted by molar-refractivity contribution is 0.264. The molecule has 1 nitrogen and oxygen atoms in total. The standard InChI is InChI=1S/C23H38O/c1-3-5-7-9-17-23(18-10-8-11-19-23)21-13-15-22(16-14-21)24-20-12-6-4-2/h13-16H,3-12,17-20H2,1-2H3. The first-order valence-electron chi connectivity index (χ1n) is 10.5. The monoisotopic (exact) mass is 330 g/mol. The normalized spacial score (nSPS) is 16.9. The molecule has 1 saturated carbocycles. The molecule has 0 aliphatic heterocycles. The number of unbranched alkanes of at least 4 members (excludes halogenated alkanes) is 5. The SMILES string of the molecule is CCCCCCC1(c2ccc(OCCCCC)cc2)CCCCC1. The van der Waals surface area contributed by atoms with Gasteiger partial charge >= 0.3 is 0 Å². The fourth-order valence-corrected chi connectivity index (χ4v) is 4.25. The summed E-state index contributed by atoms with van der Waals surface area (Å²) in [6.07, 6.45) is 17.6. The van der Waals surface area contributed by atoms with Crippen LogP contribution in [0.15, 0.2) is 24.3 Å². The maximum Gasteiger partial charge on any atom is 0.119 e. The molecule has 1 aliphatic carbocycles. The van der Waals surface area contributed by atoms with E-state index < -0.39 is 0 Å². The van der Waals surface area contributed by atoms with Gasteiger partial charge in [-0.15, -0.1) is 0 Å². The molecule has 1 fully saturated rings. The van der Waals surface area contributed by atoms with Gasteiger partial charge < -0.3 is 4.74 Å². The van der Waals surface area contributed by atoms with Crippen LogP contribution in [0.4, 0.5) is 0 Å². The van der Waals surface area contributed by atoms with Crippen LogP contribution in [-0.4, -0.2) is 6.61 Å². The van der Waals surface area contributed by atoms with Gasteiger partial charge in [0.2, 0.25) is 0 Å². The Morgan fingerprint density at radius 2 is 1.46 bits per heavy atom. The highest BCUT2D eigenvalue weighted by atomic mass is 16.5. The molecular formula is C23H38O. The summed E-state index contributed by atoms with van der Waals surface area (Å²) < 4.78 is 5.90. The van der Waals surface area contributed by atoms with Gasteiger partial charge in [-0.3, -0.25) is 0 Å². The van der Waals surface area contributed by atoms with Crippen LogP contribution in [0.25, 0.3) is 0 Å². The summed E-state index contributed by atoms with van der Waals surface area (Å²) in [5, 5.41) is 0. The predicted molar refractivity (Wildman–Crippen MR) is 105 cm³/mol. The van der Waals surface area contributed by atoms with Crippen molar-refractivity contribution in [3.05, 3.63) is 29.8 Å². The minimum Gasteiger partial charge on any atom is -0.494 e. The van der Waals surface area contributed by atoms with E-state index in [4.69, 9.17) is 4.74 Å². The lowest BCUT2D eigenvalue weighted by atomic mass is 9.66. The van der Waals surface area contributed by atoms with Crippen LogP contribution in [0.3, 0.4) is 0 Å². The molecule has 1 heteroatoms. The molecule has 0 heterocycles. The molecule has 0 saturated heterocycles. The first-order chi connectivity index (χ1) is 11.8. The molecular weight excluding hydrogens is 292 g/mol. The van der Waals surface area contributed by atoms with Gasteiger partial charge in [0.25, 0.3) is 0 Å². The summed E-state index contributed by atoms with van der Waals surface area (Å²) >= 11 is 0. The van der Waals surface area contributed by atoms with Gasteiger partial charge in [0, 0.05) is 0 Å². The minimum absolute atomic E-state index is 0.451. The Labute approximate surface area is 150 Å². The second-order valence-electron chi connectivity index (χ2n) is 7.73. The van der Waals surface area contributed by atoms with E-state index in [9.17, 15) is 0 Å². The lowest BCUT2D eigenvalue weighted by Gasteiger charge is -2.38. The summed E-state index contributed by atoms with van der Waals surface area (Å²) in [5.74, 6) is 1.05. The highest BCUT2D eigenvalue weighted by Crippen LogP contribution is 2.43. The van der Waals surface area contributed by atoms with Crippen LogP contribution in [0.5, 0.6) is 5.75 Å². The van der Waals surface area contributed by atoms with E-state index in [1.165, 1.54) is 83.5 Å². The molecule has 1 aromatic carbocycles. The van der Waals surface area contributed by atoms with Crippen LogP contribution in [0, 0.1) is 0 Å². The van der Waals surface area contributed by atoms with Crippen molar-refractivity contribution >= 4 is 0 Å². The van der Waals surface area contributed by atoms with E-state index in [2.05, 4.69) is 38.1 Å². The van der Waals surface area contributed by atoms with Gasteiger partial charge in [0.1, 0.15) is 5.75 Å². The minimum atomic E-state index is 0.451. The number of hydrogen-bond acceptors (Lipinski definition) is 1. The topological polar surface area (TPSA) is 9.23 Å². The quantitative estimate of drug-likeness (QED) is 0.383. The van der Waals surface area contributed by atoms with Gasteiger partial charge in [0.05, 0.1) is 6.61 Å².